The van der Waals surface area contributed by atoms with Crippen LogP contribution in [0.3, 0.4) is 0 Å². The Balaban J connectivity index is 1.51. The minimum Gasteiger partial charge on any atom is -0.469 e. The average molecular weight is 448 g/mol. The lowest BCUT2D eigenvalue weighted by Gasteiger charge is -2.10. The molecule has 2 heterocycles. The van der Waals surface area contributed by atoms with E-state index in [1.807, 2.05) is 42.5 Å². The van der Waals surface area contributed by atoms with Crippen molar-refractivity contribution in [2.75, 3.05) is 17.7 Å². The number of esters is 1. The van der Waals surface area contributed by atoms with Gasteiger partial charge in [0.15, 0.2) is 0 Å². The van der Waals surface area contributed by atoms with Crippen LogP contribution in [0.25, 0.3) is 11.0 Å². The van der Waals surface area contributed by atoms with Crippen LogP contribution < -0.4 is 10.6 Å². The Kier molecular flexibility index (Phi) is 6.37. The van der Waals surface area contributed by atoms with Gasteiger partial charge in [-0.25, -0.2) is 4.98 Å². The number of anilines is 3. The highest BCUT2D eigenvalue weighted by Crippen LogP contribution is 2.28. The van der Waals surface area contributed by atoms with E-state index in [2.05, 4.69) is 29.7 Å². The Bertz CT molecular complexity index is 1290. The first-order valence-corrected chi connectivity index (χ1v) is 10.7. The molecule has 0 unspecified atom stereocenters. The number of aromatic nitrogens is 3. The Morgan fingerprint density at radius 2 is 1.91 bits per heavy atom. The SMILES string of the molecule is COC(=O)CCc1cccc(NC(=O)c2c(C)nsc2Nc2cnc3ccccc3n2)c1. The van der Waals surface area contributed by atoms with Gasteiger partial charge in [0.2, 0.25) is 0 Å². The van der Waals surface area contributed by atoms with E-state index >= 15 is 0 Å². The number of fused-ring (bicyclic) bond motifs is 1. The van der Waals surface area contributed by atoms with Crippen LogP contribution in [-0.4, -0.2) is 33.3 Å². The summed E-state index contributed by atoms with van der Waals surface area (Å²) in [4.78, 5) is 33.4. The maximum Gasteiger partial charge on any atom is 0.305 e. The molecule has 0 atom stereocenters. The summed E-state index contributed by atoms with van der Waals surface area (Å²) in [5.41, 5.74) is 4.19. The molecule has 0 spiro atoms. The normalized spacial score (nSPS) is 10.7. The highest BCUT2D eigenvalue weighted by molar-refractivity contribution is 7.10. The summed E-state index contributed by atoms with van der Waals surface area (Å²) in [5.74, 6) is -0.0178. The van der Waals surface area contributed by atoms with Gasteiger partial charge in [-0.2, -0.15) is 4.37 Å². The van der Waals surface area contributed by atoms with E-state index < -0.39 is 0 Å². The number of hydrogen-bond acceptors (Lipinski definition) is 8. The fraction of sp³-hybridized carbons (Fsp3) is 0.174. The third kappa shape index (κ3) is 4.89. The third-order valence-electron chi connectivity index (χ3n) is 4.81. The van der Waals surface area contributed by atoms with Crippen molar-refractivity contribution in [3.05, 3.63) is 71.5 Å². The number of para-hydroxylation sites is 2. The van der Waals surface area contributed by atoms with E-state index in [1.165, 1.54) is 18.6 Å². The maximum absolute atomic E-state index is 13.0. The second-order valence-corrected chi connectivity index (χ2v) is 7.85. The van der Waals surface area contributed by atoms with Crippen molar-refractivity contribution in [2.24, 2.45) is 0 Å². The van der Waals surface area contributed by atoms with E-state index in [4.69, 9.17) is 0 Å². The number of carbonyl (C=O) groups is 2. The van der Waals surface area contributed by atoms with E-state index in [9.17, 15) is 9.59 Å². The van der Waals surface area contributed by atoms with Crippen molar-refractivity contribution < 1.29 is 14.3 Å². The van der Waals surface area contributed by atoms with Gasteiger partial charge in [0, 0.05) is 12.1 Å². The summed E-state index contributed by atoms with van der Waals surface area (Å²) >= 11 is 1.19. The van der Waals surface area contributed by atoms with Gasteiger partial charge in [0.25, 0.3) is 5.91 Å². The molecule has 0 fully saturated rings. The molecule has 32 heavy (non-hydrogen) atoms. The Hall–Kier alpha value is -3.85. The van der Waals surface area contributed by atoms with Crippen LogP contribution in [0, 0.1) is 6.92 Å². The summed E-state index contributed by atoms with van der Waals surface area (Å²) < 4.78 is 9.02. The zero-order valence-electron chi connectivity index (χ0n) is 17.6. The van der Waals surface area contributed by atoms with Crippen LogP contribution >= 0.6 is 11.5 Å². The molecule has 2 N–H and O–H groups in total. The van der Waals surface area contributed by atoms with Crippen molar-refractivity contribution in [2.45, 2.75) is 19.8 Å². The Labute approximate surface area is 188 Å². The lowest BCUT2D eigenvalue weighted by molar-refractivity contribution is -0.140. The fourth-order valence-corrected chi connectivity index (χ4v) is 4.00. The van der Waals surface area contributed by atoms with E-state index in [0.717, 1.165) is 16.6 Å². The van der Waals surface area contributed by atoms with Crippen molar-refractivity contribution >= 4 is 50.9 Å². The topological polar surface area (TPSA) is 106 Å². The molecule has 0 bridgehead atoms. The first kappa shape index (κ1) is 21.4. The molecule has 2 aromatic heterocycles. The van der Waals surface area contributed by atoms with E-state index in [0.29, 0.717) is 34.2 Å². The molecular formula is C23H21N5O3S. The summed E-state index contributed by atoms with van der Waals surface area (Å²) in [6.07, 6.45) is 2.44. The number of hydrogen-bond donors (Lipinski definition) is 2. The van der Waals surface area contributed by atoms with Crippen LogP contribution in [0.5, 0.6) is 0 Å². The summed E-state index contributed by atoms with van der Waals surface area (Å²) in [5, 5.41) is 6.68. The van der Waals surface area contributed by atoms with Crippen molar-refractivity contribution in [1.82, 2.24) is 14.3 Å². The molecule has 0 saturated heterocycles. The van der Waals surface area contributed by atoms with Crippen molar-refractivity contribution in [3.63, 3.8) is 0 Å². The number of carbonyl (C=O) groups excluding carboxylic acids is 2. The molecule has 162 valence electrons. The van der Waals surface area contributed by atoms with Crippen LogP contribution in [0.4, 0.5) is 16.5 Å². The second-order valence-electron chi connectivity index (χ2n) is 7.07. The van der Waals surface area contributed by atoms with Gasteiger partial charge < -0.3 is 15.4 Å². The van der Waals surface area contributed by atoms with Gasteiger partial charge in [-0.1, -0.05) is 24.3 Å². The number of aryl methyl sites for hydroxylation is 2. The van der Waals surface area contributed by atoms with Gasteiger partial charge in [-0.3, -0.25) is 14.6 Å². The lowest BCUT2D eigenvalue weighted by Crippen LogP contribution is -2.14. The van der Waals surface area contributed by atoms with E-state index in [1.54, 1.807) is 19.2 Å². The van der Waals surface area contributed by atoms with Crippen LogP contribution in [-0.2, 0) is 16.0 Å². The number of nitrogens with zero attached hydrogens (tertiary/aromatic N) is 3. The van der Waals surface area contributed by atoms with Crippen LogP contribution in [0.2, 0.25) is 0 Å². The van der Waals surface area contributed by atoms with Gasteiger partial charge in [0.05, 0.1) is 35.6 Å². The van der Waals surface area contributed by atoms with Crippen LogP contribution in [0.1, 0.15) is 28.0 Å². The number of amides is 1. The minimum absolute atomic E-state index is 0.271. The first-order valence-electron chi connectivity index (χ1n) is 9.95. The van der Waals surface area contributed by atoms with Crippen molar-refractivity contribution in [1.29, 1.82) is 0 Å². The predicted octanol–water partition coefficient (Wildman–Crippen LogP) is 4.50. The molecule has 0 radical (unpaired) electrons. The highest BCUT2D eigenvalue weighted by atomic mass is 32.1. The number of ether oxygens (including phenoxy) is 1. The molecule has 0 aliphatic carbocycles. The quantitative estimate of drug-likeness (QED) is 0.402. The molecule has 4 aromatic rings. The molecular weight excluding hydrogens is 426 g/mol. The molecule has 1 amide bonds. The second kappa shape index (κ2) is 9.52. The molecule has 2 aromatic carbocycles. The third-order valence-corrected chi connectivity index (χ3v) is 5.66. The van der Waals surface area contributed by atoms with Crippen molar-refractivity contribution in [3.8, 4) is 0 Å². The highest BCUT2D eigenvalue weighted by Gasteiger charge is 2.19. The largest absolute Gasteiger partial charge is 0.469 e. The zero-order chi connectivity index (χ0) is 22.5. The number of rotatable bonds is 7. The molecule has 9 heteroatoms. The number of benzene rings is 2. The van der Waals surface area contributed by atoms with Gasteiger partial charge in [-0.05, 0) is 54.7 Å². The van der Waals surface area contributed by atoms with Crippen LogP contribution in [0.15, 0.2) is 54.7 Å². The first-order chi connectivity index (χ1) is 15.5. The molecule has 4 rings (SSSR count). The predicted molar refractivity (Wildman–Crippen MR) is 124 cm³/mol. The van der Waals surface area contributed by atoms with Gasteiger partial charge in [0.1, 0.15) is 10.8 Å². The van der Waals surface area contributed by atoms with E-state index in [-0.39, 0.29) is 18.3 Å². The minimum atomic E-state index is -0.280. The Morgan fingerprint density at radius 1 is 1.09 bits per heavy atom. The van der Waals surface area contributed by atoms with Gasteiger partial charge >= 0.3 is 5.97 Å². The summed E-state index contributed by atoms with van der Waals surface area (Å²) in [6.45, 7) is 1.79. The standard InChI is InChI=1S/C23H21N5O3S/c1-14-21(22(30)25-16-7-5-6-15(12-16)10-11-20(29)31-2)23(32-28-14)27-19-13-24-17-8-3-4-9-18(17)26-19/h3-9,12-13H,10-11H2,1-2H3,(H,25,30)(H,26,27). The smallest absolute Gasteiger partial charge is 0.305 e. The number of nitrogens with one attached hydrogen (secondary N) is 2. The maximum atomic E-state index is 13.0. The number of methoxy groups -OCH3 is 1. The summed E-state index contributed by atoms with van der Waals surface area (Å²) in [7, 11) is 1.37. The fourth-order valence-electron chi connectivity index (χ4n) is 3.20. The molecule has 0 aliphatic rings. The molecule has 0 saturated carbocycles. The molecule has 0 aliphatic heterocycles. The average Bonchev–Trinajstić information content (AvgIpc) is 3.17. The van der Waals surface area contributed by atoms with Gasteiger partial charge in [-0.15, -0.1) is 0 Å². The summed E-state index contributed by atoms with van der Waals surface area (Å²) in [6, 6.07) is 15.0. The lowest BCUT2D eigenvalue weighted by atomic mass is 10.1. The zero-order valence-corrected chi connectivity index (χ0v) is 18.4. The Morgan fingerprint density at radius 3 is 2.72 bits per heavy atom. The monoisotopic (exact) mass is 447 g/mol. The molecule has 8 nitrogen and oxygen atoms in total.